The number of hydrogen-bond donors (Lipinski definition) is 1. The lowest BCUT2D eigenvalue weighted by Gasteiger charge is -2.31. The van der Waals surface area contributed by atoms with E-state index in [0.717, 1.165) is 4.90 Å². The van der Waals surface area contributed by atoms with Crippen LogP contribution in [0.4, 0.5) is 0 Å². The lowest BCUT2D eigenvalue weighted by molar-refractivity contribution is 0.0654. The van der Waals surface area contributed by atoms with Gasteiger partial charge in [-0.1, -0.05) is 12.1 Å². The van der Waals surface area contributed by atoms with E-state index in [4.69, 9.17) is 0 Å². The predicted molar refractivity (Wildman–Crippen MR) is 96.5 cm³/mol. The maximum absolute atomic E-state index is 12.4. The van der Waals surface area contributed by atoms with E-state index in [1.807, 2.05) is 6.92 Å². The summed E-state index contributed by atoms with van der Waals surface area (Å²) in [6, 6.07) is 6.79. The van der Waals surface area contributed by atoms with Gasteiger partial charge in [-0.05, 0) is 25.5 Å². The van der Waals surface area contributed by atoms with Crippen LogP contribution in [0.1, 0.15) is 34.1 Å². The van der Waals surface area contributed by atoms with Crippen molar-refractivity contribution in [2.45, 2.75) is 19.4 Å². The number of sulfonamides is 1. The molecule has 0 bridgehead atoms. The van der Waals surface area contributed by atoms with Crippen LogP contribution in [-0.2, 0) is 10.0 Å². The number of nitrogens with zero attached hydrogens (tertiary/aromatic N) is 2. The highest BCUT2D eigenvalue weighted by molar-refractivity contribution is 7.89. The van der Waals surface area contributed by atoms with Crippen LogP contribution >= 0.6 is 12.4 Å². The second-order valence-corrected chi connectivity index (χ2v) is 8.28. The summed E-state index contributed by atoms with van der Waals surface area (Å²) in [7, 11) is -3.37. The Morgan fingerprint density at radius 1 is 1.16 bits per heavy atom. The number of hydrogen-bond acceptors (Lipinski definition) is 5. The standard InChI is InChI=1S/C16H21N3O4S.ClH/c1-12-11-18(9-7-17-12)24(22,23)10-4-8-19-15(20)13-5-2-3-6-14(13)16(19)21;/h2-3,5-6,12,17H,4,7-11H2,1H3;1H. The maximum Gasteiger partial charge on any atom is 0.261 e. The van der Waals surface area contributed by atoms with Crippen molar-refractivity contribution < 1.29 is 18.0 Å². The summed E-state index contributed by atoms with van der Waals surface area (Å²) in [5, 5.41) is 3.20. The largest absolute Gasteiger partial charge is 0.312 e. The molecule has 138 valence electrons. The van der Waals surface area contributed by atoms with Crippen LogP contribution < -0.4 is 5.32 Å². The average Bonchev–Trinajstić information content (AvgIpc) is 2.80. The van der Waals surface area contributed by atoms with Gasteiger partial charge < -0.3 is 5.32 Å². The van der Waals surface area contributed by atoms with E-state index < -0.39 is 10.0 Å². The minimum absolute atomic E-state index is 0. The molecule has 1 unspecified atom stereocenters. The first kappa shape index (κ1) is 19.8. The van der Waals surface area contributed by atoms with E-state index in [2.05, 4.69) is 5.32 Å². The van der Waals surface area contributed by atoms with E-state index in [1.54, 1.807) is 24.3 Å². The molecule has 0 radical (unpaired) electrons. The highest BCUT2D eigenvalue weighted by Gasteiger charge is 2.35. The molecule has 2 aliphatic rings. The SMILES string of the molecule is CC1CN(S(=O)(=O)CCCN2C(=O)c3ccccc3C2=O)CCN1.Cl. The molecule has 1 N–H and O–H groups in total. The zero-order chi connectivity index (χ0) is 17.3. The quantitative estimate of drug-likeness (QED) is 0.752. The Morgan fingerprint density at radius 3 is 2.32 bits per heavy atom. The minimum Gasteiger partial charge on any atom is -0.312 e. The van der Waals surface area contributed by atoms with E-state index in [9.17, 15) is 18.0 Å². The first-order valence-corrected chi connectivity index (χ1v) is 9.67. The molecule has 2 aliphatic heterocycles. The lowest BCUT2D eigenvalue weighted by Crippen LogP contribution is -2.51. The third-order valence-corrected chi connectivity index (χ3v) is 6.31. The molecule has 25 heavy (non-hydrogen) atoms. The second-order valence-electron chi connectivity index (χ2n) is 6.19. The molecule has 9 heteroatoms. The predicted octanol–water partition coefficient (Wildman–Crippen LogP) is 0.718. The van der Waals surface area contributed by atoms with Gasteiger partial charge in [0, 0.05) is 32.2 Å². The van der Waals surface area contributed by atoms with Crippen LogP contribution in [0.2, 0.25) is 0 Å². The Balaban J connectivity index is 0.00000225. The molecule has 0 aliphatic carbocycles. The Kier molecular flexibility index (Phi) is 6.21. The molecule has 3 rings (SSSR count). The number of imide groups is 1. The fourth-order valence-electron chi connectivity index (χ4n) is 3.13. The molecule has 0 aromatic heterocycles. The van der Waals surface area contributed by atoms with Crippen molar-refractivity contribution in [3.63, 3.8) is 0 Å². The van der Waals surface area contributed by atoms with E-state index in [-0.39, 0.29) is 49.0 Å². The zero-order valence-corrected chi connectivity index (χ0v) is 15.6. The van der Waals surface area contributed by atoms with Gasteiger partial charge in [-0.2, -0.15) is 4.31 Å². The summed E-state index contributed by atoms with van der Waals surface area (Å²) in [5.41, 5.74) is 0.780. The molecule has 0 saturated carbocycles. The molecule has 7 nitrogen and oxygen atoms in total. The molecular formula is C16H22ClN3O4S. The molecule has 2 amide bonds. The van der Waals surface area contributed by atoms with Crippen LogP contribution in [0.5, 0.6) is 0 Å². The molecule has 2 heterocycles. The summed E-state index contributed by atoms with van der Waals surface area (Å²) in [6.45, 7) is 3.61. The van der Waals surface area contributed by atoms with Crippen molar-refractivity contribution >= 4 is 34.2 Å². The van der Waals surface area contributed by atoms with Gasteiger partial charge in [0.15, 0.2) is 0 Å². The Bertz CT molecular complexity index is 733. The number of amides is 2. The normalized spacial score (nSPS) is 21.2. The summed E-state index contributed by atoms with van der Waals surface area (Å²) in [6.07, 6.45) is 0.242. The Morgan fingerprint density at radius 2 is 1.76 bits per heavy atom. The number of fused-ring (bicyclic) bond motifs is 1. The molecule has 1 atom stereocenters. The maximum atomic E-state index is 12.4. The third-order valence-electron chi connectivity index (χ3n) is 4.39. The van der Waals surface area contributed by atoms with Crippen molar-refractivity contribution in [1.29, 1.82) is 0 Å². The monoisotopic (exact) mass is 387 g/mol. The minimum atomic E-state index is -3.37. The van der Waals surface area contributed by atoms with Gasteiger partial charge >= 0.3 is 0 Å². The van der Waals surface area contributed by atoms with Crippen LogP contribution in [0.25, 0.3) is 0 Å². The smallest absolute Gasteiger partial charge is 0.261 e. The van der Waals surface area contributed by atoms with Crippen molar-refractivity contribution in [3.05, 3.63) is 35.4 Å². The molecule has 1 aromatic rings. The highest BCUT2D eigenvalue weighted by Crippen LogP contribution is 2.22. The third kappa shape index (κ3) is 4.03. The summed E-state index contributed by atoms with van der Waals surface area (Å²) in [5.74, 6) is -0.750. The van der Waals surface area contributed by atoms with Crippen molar-refractivity contribution in [2.24, 2.45) is 0 Å². The van der Waals surface area contributed by atoms with E-state index in [0.29, 0.717) is 30.8 Å². The number of nitrogens with one attached hydrogen (secondary N) is 1. The summed E-state index contributed by atoms with van der Waals surface area (Å²) in [4.78, 5) is 25.6. The second kappa shape index (κ2) is 7.82. The van der Waals surface area contributed by atoms with Crippen molar-refractivity contribution in [3.8, 4) is 0 Å². The topological polar surface area (TPSA) is 86.8 Å². The van der Waals surface area contributed by atoms with Crippen LogP contribution in [0.15, 0.2) is 24.3 Å². The molecule has 1 fully saturated rings. The number of piperazine rings is 1. The lowest BCUT2D eigenvalue weighted by atomic mass is 10.1. The molecule has 1 saturated heterocycles. The van der Waals surface area contributed by atoms with Gasteiger partial charge in [-0.15, -0.1) is 12.4 Å². The van der Waals surface area contributed by atoms with Crippen LogP contribution in [0, 0.1) is 0 Å². The number of carbonyl (C=O) groups excluding carboxylic acids is 2. The van der Waals surface area contributed by atoms with Gasteiger partial charge in [0.05, 0.1) is 16.9 Å². The fourth-order valence-corrected chi connectivity index (χ4v) is 4.70. The van der Waals surface area contributed by atoms with Gasteiger partial charge in [-0.25, -0.2) is 8.42 Å². The highest BCUT2D eigenvalue weighted by atomic mass is 35.5. The first-order chi connectivity index (χ1) is 11.4. The van der Waals surface area contributed by atoms with Gasteiger partial charge in [0.25, 0.3) is 11.8 Å². The van der Waals surface area contributed by atoms with Crippen molar-refractivity contribution in [1.82, 2.24) is 14.5 Å². The number of rotatable bonds is 5. The average molecular weight is 388 g/mol. The van der Waals surface area contributed by atoms with Gasteiger partial charge in [0.2, 0.25) is 10.0 Å². The van der Waals surface area contributed by atoms with Gasteiger partial charge in [0.1, 0.15) is 0 Å². The number of halogens is 1. The van der Waals surface area contributed by atoms with Crippen LogP contribution in [-0.4, -0.2) is 67.4 Å². The summed E-state index contributed by atoms with van der Waals surface area (Å²) < 4.78 is 26.3. The molecule has 1 aromatic carbocycles. The summed E-state index contributed by atoms with van der Waals surface area (Å²) >= 11 is 0. The first-order valence-electron chi connectivity index (χ1n) is 8.06. The zero-order valence-electron chi connectivity index (χ0n) is 14.0. The molecular weight excluding hydrogens is 366 g/mol. The Hall–Kier alpha value is -1.48. The molecule has 0 spiro atoms. The fraction of sp³-hybridized carbons (Fsp3) is 0.500. The Labute approximate surface area is 153 Å². The van der Waals surface area contributed by atoms with E-state index >= 15 is 0 Å². The van der Waals surface area contributed by atoms with Gasteiger partial charge in [-0.3, -0.25) is 14.5 Å². The van der Waals surface area contributed by atoms with Crippen LogP contribution in [0.3, 0.4) is 0 Å². The van der Waals surface area contributed by atoms with Crippen molar-refractivity contribution in [2.75, 3.05) is 31.9 Å². The van der Waals surface area contributed by atoms with E-state index in [1.165, 1.54) is 4.31 Å². The number of benzene rings is 1. The number of carbonyl (C=O) groups is 2.